The fraction of sp³-hybridized carbons (Fsp3) is 0.500. The number of nitrogens with zero attached hydrogens (tertiary/aromatic N) is 5. The molecule has 1 aliphatic rings. The Kier molecular flexibility index (Phi) is 4.87. The molecule has 1 fully saturated rings. The van der Waals surface area contributed by atoms with Gasteiger partial charge in [0.25, 0.3) is 0 Å². The molecule has 3 heterocycles. The summed E-state index contributed by atoms with van der Waals surface area (Å²) >= 11 is 0. The van der Waals surface area contributed by atoms with Crippen molar-refractivity contribution in [2.45, 2.75) is 26.4 Å². The zero-order valence-electron chi connectivity index (χ0n) is 15.1. The van der Waals surface area contributed by atoms with E-state index in [1.165, 1.54) is 0 Å². The summed E-state index contributed by atoms with van der Waals surface area (Å²) in [7, 11) is 0. The van der Waals surface area contributed by atoms with Crippen LogP contribution in [0.2, 0.25) is 0 Å². The van der Waals surface area contributed by atoms with Gasteiger partial charge in [-0.25, -0.2) is 15.0 Å². The molecule has 1 saturated heterocycles. The number of pyridine rings is 1. The van der Waals surface area contributed by atoms with Crippen LogP contribution in [0.5, 0.6) is 0 Å². The van der Waals surface area contributed by atoms with Gasteiger partial charge in [0.05, 0.1) is 11.3 Å². The highest BCUT2D eigenvalue weighted by Crippen LogP contribution is 2.31. The van der Waals surface area contributed by atoms with Crippen molar-refractivity contribution in [2.75, 3.05) is 43.4 Å². The quantitative estimate of drug-likeness (QED) is 0.866. The van der Waals surface area contributed by atoms with E-state index in [1.807, 2.05) is 26.8 Å². The van der Waals surface area contributed by atoms with Gasteiger partial charge in [-0.2, -0.15) is 0 Å². The van der Waals surface area contributed by atoms with Crippen molar-refractivity contribution >= 4 is 11.6 Å². The summed E-state index contributed by atoms with van der Waals surface area (Å²) in [4.78, 5) is 17.7. The van der Waals surface area contributed by atoms with E-state index >= 15 is 0 Å². The van der Waals surface area contributed by atoms with Crippen molar-refractivity contribution in [1.29, 1.82) is 0 Å². The standard InChI is InChI=1S/C18H26N6O/c1-13-16(14-4-5-15(19)20-10-14)17(22-12-21-13)24-8-6-23(7-9-24)11-18(2,3)25/h4-5,10,12,25H,6-9,11H2,1-3H3,(H2,19,20). The number of piperazine rings is 1. The molecule has 0 unspecified atom stereocenters. The first-order valence-corrected chi connectivity index (χ1v) is 8.57. The minimum absolute atomic E-state index is 0.500. The van der Waals surface area contributed by atoms with Crippen LogP contribution in [-0.2, 0) is 0 Å². The third-order valence-electron chi connectivity index (χ3n) is 4.37. The molecule has 7 nitrogen and oxygen atoms in total. The lowest BCUT2D eigenvalue weighted by Crippen LogP contribution is -2.50. The van der Waals surface area contributed by atoms with Gasteiger partial charge < -0.3 is 15.7 Å². The highest BCUT2D eigenvalue weighted by Gasteiger charge is 2.25. The Morgan fingerprint density at radius 3 is 2.44 bits per heavy atom. The van der Waals surface area contributed by atoms with Crippen LogP contribution in [0.25, 0.3) is 11.1 Å². The number of hydrogen-bond acceptors (Lipinski definition) is 7. The molecule has 0 aromatic carbocycles. The van der Waals surface area contributed by atoms with Crippen molar-refractivity contribution in [1.82, 2.24) is 19.9 Å². The molecule has 2 aromatic heterocycles. The van der Waals surface area contributed by atoms with Crippen LogP contribution in [0.4, 0.5) is 11.6 Å². The van der Waals surface area contributed by atoms with Gasteiger partial charge >= 0.3 is 0 Å². The maximum absolute atomic E-state index is 10.0. The molecule has 2 aromatic rings. The molecular weight excluding hydrogens is 316 g/mol. The molecule has 3 N–H and O–H groups in total. The van der Waals surface area contributed by atoms with Gasteiger partial charge in [-0.3, -0.25) is 4.90 Å². The van der Waals surface area contributed by atoms with Crippen molar-refractivity contribution in [3.63, 3.8) is 0 Å². The van der Waals surface area contributed by atoms with Crippen LogP contribution >= 0.6 is 0 Å². The van der Waals surface area contributed by atoms with Crippen molar-refractivity contribution in [3.05, 3.63) is 30.4 Å². The number of nitrogens with two attached hydrogens (primary N) is 1. The summed E-state index contributed by atoms with van der Waals surface area (Å²) in [5, 5.41) is 10.0. The minimum atomic E-state index is -0.672. The second-order valence-electron chi connectivity index (χ2n) is 7.21. The lowest BCUT2D eigenvalue weighted by molar-refractivity contribution is 0.0345. The van der Waals surface area contributed by atoms with E-state index in [0.29, 0.717) is 12.4 Å². The maximum atomic E-state index is 10.0. The average Bonchev–Trinajstić information content (AvgIpc) is 2.55. The zero-order chi connectivity index (χ0) is 18.0. The van der Waals surface area contributed by atoms with Gasteiger partial charge in [0.15, 0.2) is 0 Å². The SMILES string of the molecule is Cc1ncnc(N2CCN(CC(C)(C)O)CC2)c1-c1ccc(N)nc1. The van der Waals surface area contributed by atoms with Gasteiger partial charge in [0, 0.05) is 50.0 Å². The third kappa shape index (κ3) is 4.24. The topological polar surface area (TPSA) is 91.4 Å². The Morgan fingerprint density at radius 1 is 1.12 bits per heavy atom. The predicted octanol–water partition coefficient (Wildman–Crippen LogP) is 1.32. The summed E-state index contributed by atoms with van der Waals surface area (Å²) in [6.45, 7) is 9.88. The molecule has 25 heavy (non-hydrogen) atoms. The van der Waals surface area contributed by atoms with Crippen LogP contribution in [0.3, 0.4) is 0 Å². The highest BCUT2D eigenvalue weighted by molar-refractivity contribution is 5.77. The van der Waals surface area contributed by atoms with Crippen molar-refractivity contribution in [2.24, 2.45) is 0 Å². The summed E-state index contributed by atoms with van der Waals surface area (Å²) in [6.07, 6.45) is 3.39. The number of aliphatic hydroxyl groups is 1. The van der Waals surface area contributed by atoms with Crippen LogP contribution in [0.15, 0.2) is 24.7 Å². The van der Waals surface area contributed by atoms with Gasteiger partial charge in [-0.1, -0.05) is 0 Å². The Labute approximate surface area is 148 Å². The molecule has 0 atom stereocenters. The van der Waals surface area contributed by atoms with E-state index < -0.39 is 5.60 Å². The molecule has 0 amide bonds. The van der Waals surface area contributed by atoms with Crippen molar-refractivity contribution in [3.8, 4) is 11.1 Å². The van der Waals surface area contributed by atoms with Crippen LogP contribution in [0, 0.1) is 6.92 Å². The molecule has 134 valence electrons. The number of β-amino-alcohol motifs (C(OH)–C–C–N with tert-alkyl or cyclic N) is 1. The van der Waals surface area contributed by atoms with Gasteiger partial charge in [0.1, 0.15) is 18.0 Å². The molecule has 0 aliphatic carbocycles. The van der Waals surface area contributed by atoms with E-state index in [4.69, 9.17) is 5.73 Å². The lowest BCUT2D eigenvalue weighted by atomic mass is 10.1. The van der Waals surface area contributed by atoms with Crippen LogP contribution in [0.1, 0.15) is 19.5 Å². The normalized spacial score (nSPS) is 16.2. The number of rotatable bonds is 4. The molecular formula is C18H26N6O. The number of aromatic nitrogens is 3. The van der Waals surface area contributed by atoms with Crippen LogP contribution in [-0.4, -0.2) is 63.3 Å². The summed E-state index contributed by atoms with van der Waals surface area (Å²) < 4.78 is 0. The predicted molar refractivity (Wildman–Crippen MR) is 99.4 cm³/mol. The third-order valence-corrected chi connectivity index (χ3v) is 4.37. The number of aryl methyl sites for hydroxylation is 1. The van der Waals surface area contributed by atoms with E-state index in [0.717, 1.165) is 48.8 Å². The Morgan fingerprint density at radius 2 is 1.84 bits per heavy atom. The monoisotopic (exact) mass is 342 g/mol. The number of nitrogen functional groups attached to an aromatic ring is 1. The molecule has 0 radical (unpaired) electrons. The highest BCUT2D eigenvalue weighted by atomic mass is 16.3. The summed E-state index contributed by atoms with van der Waals surface area (Å²) in [6, 6.07) is 3.76. The minimum Gasteiger partial charge on any atom is -0.389 e. The van der Waals surface area contributed by atoms with E-state index in [1.54, 1.807) is 18.6 Å². The van der Waals surface area contributed by atoms with Crippen LogP contribution < -0.4 is 10.6 Å². The smallest absolute Gasteiger partial charge is 0.140 e. The van der Waals surface area contributed by atoms with Gasteiger partial charge in [0.2, 0.25) is 0 Å². The maximum Gasteiger partial charge on any atom is 0.140 e. The first-order valence-electron chi connectivity index (χ1n) is 8.57. The van der Waals surface area contributed by atoms with E-state index in [-0.39, 0.29) is 0 Å². The Balaban J connectivity index is 1.82. The lowest BCUT2D eigenvalue weighted by Gasteiger charge is -2.38. The first-order chi connectivity index (χ1) is 11.8. The molecule has 0 spiro atoms. The second kappa shape index (κ2) is 6.93. The molecule has 0 bridgehead atoms. The van der Waals surface area contributed by atoms with Crippen molar-refractivity contribution < 1.29 is 5.11 Å². The van der Waals surface area contributed by atoms with Gasteiger partial charge in [-0.05, 0) is 32.9 Å². The summed E-state index contributed by atoms with van der Waals surface area (Å²) in [5.41, 5.74) is 7.94. The Bertz CT molecular complexity index is 717. The Hall–Kier alpha value is -2.25. The molecule has 1 aliphatic heterocycles. The number of hydrogen-bond donors (Lipinski definition) is 2. The zero-order valence-corrected chi connectivity index (χ0v) is 15.1. The van der Waals surface area contributed by atoms with Gasteiger partial charge in [-0.15, -0.1) is 0 Å². The largest absolute Gasteiger partial charge is 0.389 e. The number of anilines is 2. The molecule has 0 saturated carbocycles. The molecule has 3 rings (SSSR count). The first kappa shape index (κ1) is 17.6. The van der Waals surface area contributed by atoms with E-state index in [9.17, 15) is 5.11 Å². The fourth-order valence-corrected chi connectivity index (χ4v) is 3.26. The average molecular weight is 342 g/mol. The molecule has 7 heteroatoms. The second-order valence-corrected chi connectivity index (χ2v) is 7.21. The van der Waals surface area contributed by atoms with E-state index in [2.05, 4.69) is 24.8 Å². The fourth-order valence-electron chi connectivity index (χ4n) is 3.26. The summed E-state index contributed by atoms with van der Waals surface area (Å²) in [5.74, 6) is 1.43.